The summed E-state index contributed by atoms with van der Waals surface area (Å²) in [5.74, 6) is -0.438. The zero-order valence-corrected chi connectivity index (χ0v) is 14.0. The predicted molar refractivity (Wildman–Crippen MR) is 87.0 cm³/mol. The summed E-state index contributed by atoms with van der Waals surface area (Å²) in [5, 5.41) is 19.1. The van der Waals surface area contributed by atoms with Crippen LogP contribution in [-0.4, -0.2) is 19.6 Å². The fourth-order valence-corrected chi connectivity index (χ4v) is 3.82. The molecule has 2 rings (SSSR count). The van der Waals surface area contributed by atoms with Gasteiger partial charge in [0.2, 0.25) is 10.0 Å². The van der Waals surface area contributed by atoms with Gasteiger partial charge in [-0.25, -0.2) is 17.5 Å². The van der Waals surface area contributed by atoms with Crippen molar-refractivity contribution in [2.45, 2.75) is 30.9 Å². The first kappa shape index (κ1) is 18.1. The molecule has 0 aromatic heterocycles. The van der Waals surface area contributed by atoms with Gasteiger partial charge in [0, 0.05) is 6.04 Å². The number of aliphatic hydroxyl groups is 1. The highest BCUT2D eigenvalue weighted by Gasteiger charge is 2.24. The lowest BCUT2D eigenvalue weighted by Gasteiger charge is -2.21. The Morgan fingerprint density at radius 3 is 2.38 bits per heavy atom. The summed E-state index contributed by atoms with van der Waals surface area (Å²) >= 11 is 0. The summed E-state index contributed by atoms with van der Waals surface area (Å²) in [5.41, 5.74) is 1.21. The van der Waals surface area contributed by atoms with Crippen LogP contribution in [0, 0.1) is 24.1 Å². The van der Waals surface area contributed by atoms with E-state index in [1.807, 2.05) is 6.07 Å². The Morgan fingerprint density at radius 1 is 1.21 bits per heavy atom. The summed E-state index contributed by atoms with van der Waals surface area (Å²) in [6.45, 7) is 3.11. The number of hydrogen-bond donors (Lipinski definition) is 2. The zero-order chi connectivity index (χ0) is 17.9. The molecule has 0 saturated carbocycles. The lowest BCUT2D eigenvalue weighted by Crippen LogP contribution is -2.37. The number of aryl methyl sites for hydroxylation is 1. The fourth-order valence-electron chi connectivity index (χ4n) is 2.34. The Hall–Kier alpha value is -2.27. The highest BCUT2D eigenvalue weighted by atomic mass is 32.2. The van der Waals surface area contributed by atoms with E-state index >= 15 is 0 Å². The first-order chi connectivity index (χ1) is 11.2. The van der Waals surface area contributed by atoms with Gasteiger partial charge in [-0.05, 0) is 55.3 Å². The molecule has 0 spiro atoms. The van der Waals surface area contributed by atoms with Crippen LogP contribution in [0.15, 0.2) is 47.4 Å². The summed E-state index contributed by atoms with van der Waals surface area (Å²) < 4.78 is 40.3. The fraction of sp³-hybridized carbons (Fsp3) is 0.235. The average Bonchev–Trinajstić information content (AvgIpc) is 2.54. The third-order valence-corrected chi connectivity index (χ3v) is 5.34. The van der Waals surface area contributed by atoms with Gasteiger partial charge in [-0.2, -0.15) is 5.26 Å². The van der Waals surface area contributed by atoms with E-state index in [0.717, 1.165) is 0 Å². The molecule has 0 aliphatic heterocycles. The number of nitrogens with zero attached hydrogens (tertiary/aromatic N) is 1. The summed E-state index contributed by atoms with van der Waals surface area (Å²) in [7, 11) is -3.87. The molecular formula is C17H17FN2O3S. The number of nitrogens with one attached hydrogen (secondary N) is 1. The van der Waals surface area contributed by atoms with Crippen LogP contribution in [-0.2, 0) is 10.0 Å². The molecule has 5 nitrogen and oxygen atoms in total. The molecule has 0 amide bonds. The number of sulfonamides is 1. The SMILES string of the molecule is Cc1cc(C#N)ccc1S(=O)(=O)NC(C)C(O)c1ccc(F)cc1. The Balaban J connectivity index is 2.22. The molecule has 24 heavy (non-hydrogen) atoms. The van der Waals surface area contributed by atoms with Gasteiger partial charge in [0.1, 0.15) is 5.82 Å². The first-order valence-corrected chi connectivity index (χ1v) is 8.69. The lowest BCUT2D eigenvalue weighted by molar-refractivity contribution is 0.146. The third kappa shape index (κ3) is 3.97. The van der Waals surface area contributed by atoms with Crippen molar-refractivity contribution in [1.82, 2.24) is 4.72 Å². The van der Waals surface area contributed by atoms with Crippen LogP contribution >= 0.6 is 0 Å². The van der Waals surface area contributed by atoms with Gasteiger partial charge in [0.25, 0.3) is 0 Å². The molecule has 126 valence electrons. The van der Waals surface area contributed by atoms with Gasteiger partial charge in [-0.1, -0.05) is 12.1 Å². The summed E-state index contributed by atoms with van der Waals surface area (Å²) in [4.78, 5) is 0.0413. The van der Waals surface area contributed by atoms with Gasteiger partial charge in [0.15, 0.2) is 0 Å². The molecule has 0 radical (unpaired) electrons. The van der Waals surface area contributed by atoms with Crippen molar-refractivity contribution in [3.63, 3.8) is 0 Å². The highest BCUT2D eigenvalue weighted by Crippen LogP contribution is 2.21. The second-order valence-electron chi connectivity index (χ2n) is 5.50. The maximum atomic E-state index is 12.9. The van der Waals surface area contributed by atoms with Crippen LogP contribution < -0.4 is 4.72 Å². The molecule has 2 unspecified atom stereocenters. The van der Waals surface area contributed by atoms with E-state index < -0.39 is 28.0 Å². The Morgan fingerprint density at radius 2 is 1.83 bits per heavy atom. The van der Waals surface area contributed by atoms with E-state index in [0.29, 0.717) is 16.7 Å². The predicted octanol–water partition coefficient (Wildman–Crippen LogP) is 2.41. The molecule has 0 bridgehead atoms. The normalized spacial score (nSPS) is 14.0. The number of nitriles is 1. The molecule has 0 aliphatic carbocycles. The van der Waals surface area contributed by atoms with E-state index in [9.17, 15) is 17.9 Å². The Labute approximate surface area is 140 Å². The number of aliphatic hydroxyl groups excluding tert-OH is 1. The first-order valence-electron chi connectivity index (χ1n) is 7.21. The molecule has 2 aromatic carbocycles. The van der Waals surface area contributed by atoms with Crippen LogP contribution in [0.25, 0.3) is 0 Å². The molecule has 2 aromatic rings. The molecule has 0 aliphatic rings. The molecule has 0 saturated heterocycles. The summed E-state index contributed by atoms with van der Waals surface area (Å²) in [6, 6.07) is 10.6. The van der Waals surface area contributed by atoms with Crippen LogP contribution in [0.3, 0.4) is 0 Å². The van der Waals surface area contributed by atoms with Crippen molar-refractivity contribution < 1.29 is 17.9 Å². The Kier molecular flexibility index (Phi) is 5.34. The van der Waals surface area contributed by atoms with Crippen LogP contribution in [0.2, 0.25) is 0 Å². The second-order valence-corrected chi connectivity index (χ2v) is 7.18. The average molecular weight is 348 g/mol. The smallest absolute Gasteiger partial charge is 0.241 e. The van der Waals surface area contributed by atoms with Crippen LogP contribution in [0.4, 0.5) is 4.39 Å². The minimum atomic E-state index is -3.87. The molecule has 0 heterocycles. The number of hydrogen-bond acceptors (Lipinski definition) is 4. The third-order valence-electron chi connectivity index (χ3n) is 3.62. The van der Waals surface area contributed by atoms with Crippen molar-refractivity contribution >= 4 is 10.0 Å². The van der Waals surface area contributed by atoms with E-state index in [1.165, 1.54) is 49.4 Å². The van der Waals surface area contributed by atoms with Crippen LogP contribution in [0.5, 0.6) is 0 Å². The standard InChI is InChI=1S/C17H17FN2O3S/c1-11-9-13(10-19)3-8-16(11)24(22,23)20-12(2)17(21)14-4-6-15(18)7-5-14/h3-9,12,17,20-21H,1-2H3. The summed E-state index contributed by atoms with van der Waals surface area (Å²) in [6.07, 6.45) is -1.13. The van der Waals surface area contributed by atoms with E-state index in [-0.39, 0.29) is 4.90 Å². The maximum absolute atomic E-state index is 12.9. The number of halogens is 1. The second kappa shape index (κ2) is 7.09. The van der Waals surface area contributed by atoms with Gasteiger partial charge in [-0.15, -0.1) is 0 Å². The molecule has 2 atom stereocenters. The van der Waals surface area contributed by atoms with E-state index in [4.69, 9.17) is 5.26 Å². The van der Waals surface area contributed by atoms with Gasteiger partial charge in [-0.3, -0.25) is 0 Å². The van der Waals surface area contributed by atoms with Gasteiger partial charge < -0.3 is 5.11 Å². The Bertz CT molecular complexity index is 874. The zero-order valence-electron chi connectivity index (χ0n) is 13.2. The monoisotopic (exact) mass is 348 g/mol. The number of benzene rings is 2. The molecule has 7 heteroatoms. The van der Waals surface area contributed by atoms with E-state index in [1.54, 1.807) is 6.92 Å². The van der Waals surface area contributed by atoms with Gasteiger partial charge in [0.05, 0.1) is 22.6 Å². The minimum absolute atomic E-state index is 0.0413. The highest BCUT2D eigenvalue weighted by molar-refractivity contribution is 7.89. The van der Waals surface area contributed by atoms with Crippen molar-refractivity contribution in [3.8, 4) is 6.07 Å². The lowest BCUT2D eigenvalue weighted by atomic mass is 10.0. The van der Waals surface area contributed by atoms with E-state index in [2.05, 4.69) is 4.72 Å². The van der Waals surface area contributed by atoms with Crippen molar-refractivity contribution in [3.05, 3.63) is 65.0 Å². The van der Waals surface area contributed by atoms with Crippen LogP contribution in [0.1, 0.15) is 29.7 Å². The largest absolute Gasteiger partial charge is 0.387 e. The number of rotatable bonds is 5. The molecule has 0 fully saturated rings. The van der Waals surface area contributed by atoms with Crippen molar-refractivity contribution in [2.75, 3.05) is 0 Å². The topological polar surface area (TPSA) is 90.2 Å². The maximum Gasteiger partial charge on any atom is 0.241 e. The van der Waals surface area contributed by atoms with Crippen molar-refractivity contribution in [1.29, 1.82) is 5.26 Å². The molecular weight excluding hydrogens is 331 g/mol. The quantitative estimate of drug-likeness (QED) is 0.868. The molecule has 2 N–H and O–H groups in total. The minimum Gasteiger partial charge on any atom is -0.387 e. The van der Waals surface area contributed by atoms with Crippen molar-refractivity contribution in [2.24, 2.45) is 0 Å². The van der Waals surface area contributed by atoms with Gasteiger partial charge >= 0.3 is 0 Å².